The molecule has 0 saturated carbocycles. The molecule has 3 rings (SSSR count). The Morgan fingerprint density at radius 3 is 2.61 bits per heavy atom. The number of rotatable bonds is 8. The molecule has 0 radical (unpaired) electrons. The number of thioether (sulfide) groups is 1. The largest absolute Gasteiger partial charge is 0.486 e. The van der Waals surface area contributed by atoms with Gasteiger partial charge in [0.2, 0.25) is 0 Å². The third kappa shape index (κ3) is 6.16. The Bertz CT molecular complexity index is 828. The Kier molecular flexibility index (Phi) is 7.13. The minimum Gasteiger partial charge on any atom is -0.486 e. The fraction of sp³-hybridized carbons (Fsp3) is 0.300. The molecule has 0 aromatic heterocycles. The summed E-state index contributed by atoms with van der Waals surface area (Å²) in [6, 6.07) is 11.5. The molecular formula is C20H20FNO5S. The molecule has 8 heteroatoms. The predicted molar refractivity (Wildman–Crippen MR) is 102 cm³/mol. The zero-order chi connectivity index (χ0) is 19.8. The highest BCUT2D eigenvalue weighted by molar-refractivity contribution is 8.00. The molecule has 0 aliphatic carbocycles. The first-order chi connectivity index (χ1) is 13.6. The van der Waals surface area contributed by atoms with Crippen LogP contribution in [0.3, 0.4) is 0 Å². The van der Waals surface area contributed by atoms with Crippen molar-refractivity contribution in [1.82, 2.24) is 5.32 Å². The summed E-state index contributed by atoms with van der Waals surface area (Å²) in [5.74, 6) is 0.289. The number of hydrogen-bond donors (Lipinski definition) is 1. The van der Waals surface area contributed by atoms with Crippen molar-refractivity contribution in [1.29, 1.82) is 0 Å². The number of halogens is 1. The Hall–Kier alpha value is -2.74. The molecule has 1 N–H and O–H groups in total. The van der Waals surface area contributed by atoms with Crippen molar-refractivity contribution >= 4 is 23.6 Å². The van der Waals surface area contributed by atoms with Crippen molar-refractivity contribution in [2.75, 3.05) is 32.1 Å². The van der Waals surface area contributed by atoms with E-state index in [-0.39, 0.29) is 24.1 Å². The van der Waals surface area contributed by atoms with E-state index in [9.17, 15) is 14.0 Å². The quantitative estimate of drug-likeness (QED) is 0.538. The van der Waals surface area contributed by atoms with Crippen molar-refractivity contribution in [3.05, 3.63) is 53.8 Å². The molecule has 28 heavy (non-hydrogen) atoms. The monoisotopic (exact) mass is 405 g/mol. The molecule has 1 amide bonds. The van der Waals surface area contributed by atoms with Gasteiger partial charge in [0.05, 0.1) is 5.75 Å². The van der Waals surface area contributed by atoms with E-state index in [0.717, 1.165) is 16.2 Å². The normalized spacial score (nSPS) is 12.3. The number of ether oxygens (including phenoxy) is 3. The van der Waals surface area contributed by atoms with Gasteiger partial charge < -0.3 is 19.5 Å². The van der Waals surface area contributed by atoms with Crippen LogP contribution in [0.15, 0.2) is 47.4 Å². The summed E-state index contributed by atoms with van der Waals surface area (Å²) in [4.78, 5) is 24.2. The molecule has 1 aliphatic heterocycles. The molecule has 1 aliphatic rings. The van der Waals surface area contributed by atoms with Gasteiger partial charge in [-0.15, -0.1) is 11.8 Å². The third-order valence-electron chi connectivity index (χ3n) is 3.88. The van der Waals surface area contributed by atoms with Gasteiger partial charge in [-0.1, -0.05) is 6.07 Å². The van der Waals surface area contributed by atoms with E-state index >= 15 is 0 Å². The van der Waals surface area contributed by atoms with Crippen LogP contribution < -0.4 is 14.8 Å². The van der Waals surface area contributed by atoms with Gasteiger partial charge in [0, 0.05) is 11.4 Å². The fourth-order valence-electron chi connectivity index (χ4n) is 2.50. The van der Waals surface area contributed by atoms with Gasteiger partial charge in [-0.25, -0.2) is 4.39 Å². The second kappa shape index (κ2) is 9.98. The maximum absolute atomic E-state index is 12.8. The van der Waals surface area contributed by atoms with Crippen LogP contribution in [-0.2, 0) is 20.7 Å². The lowest BCUT2D eigenvalue weighted by molar-refractivity contribution is -0.145. The van der Waals surface area contributed by atoms with Gasteiger partial charge in [0.25, 0.3) is 5.91 Å². The number of fused-ring (bicyclic) bond motifs is 1. The van der Waals surface area contributed by atoms with E-state index in [4.69, 9.17) is 14.2 Å². The molecule has 0 spiro atoms. The molecule has 0 atom stereocenters. The van der Waals surface area contributed by atoms with Gasteiger partial charge >= 0.3 is 5.97 Å². The SMILES string of the molecule is O=C(COC(=O)CSc1ccc(F)cc1)NCCc1ccc2c(c1)OCCO2. The summed E-state index contributed by atoms with van der Waals surface area (Å²) in [7, 11) is 0. The fourth-order valence-corrected chi connectivity index (χ4v) is 3.20. The van der Waals surface area contributed by atoms with Crippen molar-refractivity contribution < 1.29 is 28.2 Å². The van der Waals surface area contributed by atoms with E-state index < -0.39 is 5.97 Å². The number of nitrogens with one attached hydrogen (secondary N) is 1. The number of carbonyl (C=O) groups is 2. The maximum Gasteiger partial charge on any atom is 0.316 e. The first-order valence-corrected chi connectivity index (χ1v) is 9.78. The Morgan fingerprint density at radius 2 is 1.82 bits per heavy atom. The number of amides is 1. The molecule has 6 nitrogen and oxygen atoms in total. The van der Waals surface area contributed by atoms with Crippen LogP contribution in [-0.4, -0.2) is 44.0 Å². The average molecular weight is 405 g/mol. The van der Waals surface area contributed by atoms with Crippen LogP contribution >= 0.6 is 11.8 Å². The van der Waals surface area contributed by atoms with Crippen LogP contribution in [0.4, 0.5) is 4.39 Å². The van der Waals surface area contributed by atoms with Gasteiger partial charge in [0.15, 0.2) is 18.1 Å². The number of carbonyl (C=O) groups excluding carboxylic acids is 2. The lowest BCUT2D eigenvalue weighted by atomic mass is 10.1. The molecule has 0 unspecified atom stereocenters. The van der Waals surface area contributed by atoms with Crippen molar-refractivity contribution in [3.63, 3.8) is 0 Å². The molecule has 0 saturated heterocycles. The highest BCUT2D eigenvalue weighted by Crippen LogP contribution is 2.30. The Morgan fingerprint density at radius 1 is 1.07 bits per heavy atom. The van der Waals surface area contributed by atoms with E-state index in [2.05, 4.69) is 5.32 Å². The highest BCUT2D eigenvalue weighted by Gasteiger charge is 2.12. The smallest absolute Gasteiger partial charge is 0.316 e. The van der Waals surface area contributed by atoms with Crippen molar-refractivity contribution in [2.24, 2.45) is 0 Å². The summed E-state index contributed by atoms with van der Waals surface area (Å²) in [5, 5.41) is 2.71. The maximum atomic E-state index is 12.8. The van der Waals surface area contributed by atoms with E-state index in [0.29, 0.717) is 31.9 Å². The number of esters is 1. The van der Waals surface area contributed by atoms with Crippen LogP contribution in [0.5, 0.6) is 11.5 Å². The minimum absolute atomic E-state index is 0.0517. The second-order valence-electron chi connectivity index (χ2n) is 5.98. The first-order valence-electron chi connectivity index (χ1n) is 8.79. The summed E-state index contributed by atoms with van der Waals surface area (Å²) in [6.07, 6.45) is 0.622. The zero-order valence-corrected chi connectivity index (χ0v) is 15.9. The predicted octanol–water partition coefficient (Wildman–Crippen LogP) is 2.59. The van der Waals surface area contributed by atoms with Crippen LogP contribution in [0.2, 0.25) is 0 Å². The van der Waals surface area contributed by atoms with Crippen LogP contribution in [0.25, 0.3) is 0 Å². The topological polar surface area (TPSA) is 73.9 Å². The van der Waals surface area contributed by atoms with E-state index in [1.165, 1.54) is 23.9 Å². The summed E-state index contributed by atoms with van der Waals surface area (Å²) in [5.41, 5.74) is 1.01. The number of benzene rings is 2. The van der Waals surface area contributed by atoms with E-state index in [1.54, 1.807) is 12.1 Å². The van der Waals surface area contributed by atoms with Crippen LogP contribution in [0, 0.1) is 5.82 Å². The van der Waals surface area contributed by atoms with Crippen molar-refractivity contribution in [3.8, 4) is 11.5 Å². The molecular weight excluding hydrogens is 385 g/mol. The molecule has 0 fully saturated rings. The summed E-state index contributed by atoms with van der Waals surface area (Å²) < 4.78 is 28.8. The first kappa shape index (κ1) is 20.0. The molecule has 148 valence electrons. The lowest BCUT2D eigenvalue weighted by Crippen LogP contribution is -2.30. The Labute approximate surface area is 166 Å². The molecule has 0 bridgehead atoms. The van der Waals surface area contributed by atoms with Gasteiger partial charge in [-0.05, 0) is 48.4 Å². The van der Waals surface area contributed by atoms with Gasteiger partial charge in [0.1, 0.15) is 19.0 Å². The highest BCUT2D eigenvalue weighted by atomic mass is 32.2. The summed E-state index contributed by atoms with van der Waals surface area (Å²) in [6.45, 7) is 1.16. The zero-order valence-electron chi connectivity index (χ0n) is 15.1. The third-order valence-corrected chi connectivity index (χ3v) is 4.86. The van der Waals surface area contributed by atoms with E-state index in [1.807, 2.05) is 18.2 Å². The van der Waals surface area contributed by atoms with Crippen molar-refractivity contribution in [2.45, 2.75) is 11.3 Å². The van der Waals surface area contributed by atoms with Gasteiger partial charge in [-0.2, -0.15) is 0 Å². The minimum atomic E-state index is -0.503. The summed E-state index contributed by atoms with van der Waals surface area (Å²) >= 11 is 1.22. The Balaban J connectivity index is 1.32. The molecule has 2 aromatic carbocycles. The second-order valence-corrected chi connectivity index (χ2v) is 7.03. The molecule has 1 heterocycles. The number of hydrogen-bond acceptors (Lipinski definition) is 6. The average Bonchev–Trinajstić information content (AvgIpc) is 2.72. The van der Waals surface area contributed by atoms with Crippen LogP contribution in [0.1, 0.15) is 5.56 Å². The van der Waals surface area contributed by atoms with Gasteiger partial charge in [-0.3, -0.25) is 9.59 Å². The standard InChI is InChI=1S/C20H20FNO5S/c21-15-2-4-16(5-3-15)28-13-20(24)27-12-19(23)22-8-7-14-1-6-17-18(11-14)26-10-9-25-17/h1-6,11H,7-10,12-13H2,(H,22,23). The molecule has 2 aromatic rings. The lowest BCUT2D eigenvalue weighted by Gasteiger charge is -2.18.